The van der Waals surface area contributed by atoms with Crippen molar-refractivity contribution in [1.82, 2.24) is 4.57 Å². The molecule has 0 saturated carbocycles. The maximum Gasteiger partial charge on any atom is 0.0541 e. The van der Waals surface area contributed by atoms with Crippen LogP contribution in [0.5, 0.6) is 0 Å². The van der Waals surface area contributed by atoms with Gasteiger partial charge in [0, 0.05) is 21.1 Å². The molecule has 0 saturated heterocycles. The molecule has 94 valence electrons. The lowest BCUT2D eigenvalue weighted by Crippen LogP contribution is -1.99. The second kappa shape index (κ2) is 5.06. The first-order valence-corrected chi connectivity index (χ1v) is 7.02. The van der Waals surface area contributed by atoms with Crippen molar-refractivity contribution in [3.8, 4) is 11.3 Å². The number of hydrogen-bond donors (Lipinski definition) is 0. The molecule has 0 atom stereocenters. The normalized spacial score (nSPS) is 10.8. The SMILES string of the molecule is C=C(Br)Cn1c(-c2ccccc2)cc2ccccc21. The van der Waals surface area contributed by atoms with Crippen LogP contribution in [0.25, 0.3) is 22.2 Å². The molecule has 1 nitrogen and oxygen atoms in total. The fourth-order valence-electron chi connectivity index (χ4n) is 2.40. The first-order valence-electron chi connectivity index (χ1n) is 6.22. The molecule has 2 aromatic carbocycles. The van der Waals surface area contributed by atoms with Crippen LogP contribution in [0.1, 0.15) is 0 Å². The van der Waals surface area contributed by atoms with Gasteiger partial charge in [0.1, 0.15) is 0 Å². The molecule has 0 fully saturated rings. The number of halogens is 1. The van der Waals surface area contributed by atoms with E-state index in [0.29, 0.717) is 0 Å². The van der Waals surface area contributed by atoms with Crippen molar-refractivity contribution in [3.05, 3.63) is 71.7 Å². The maximum atomic E-state index is 3.97. The molecular formula is C17H14BrN. The van der Waals surface area contributed by atoms with E-state index in [1.807, 2.05) is 6.07 Å². The predicted molar refractivity (Wildman–Crippen MR) is 85.4 cm³/mol. The van der Waals surface area contributed by atoms with Crippen LogP contribution in [0.15, 0.2) is 71.7 Å². The number of allylic oxidation sites excluding steroid dienone is 1. The Balaban J connectivity index is 2.26. The molecule has 2 heteroatoms. The Kier molecular flexibility index (Phi) is 3.26. The fourth-order valence-corrected chi connectivity index (χ4v) is 2.65. The number of rotatable bonds is 3. The Morgan fingerprint density at radius 1 is 1.00 bits per heavy atom. The lowest BCUT2D eigenvalue weighted by molar-refractivity contribution is 0.867. The monoisotopic (exact) mass is 311 g/mol. The van der Waals surface area contributed by atoms with Gasteiger partial charge in [0.2, 0.25) is 0 Å². The van der Waals surface area contributed by atoms with E-state index < -0.39 is 0 Å². The lowest BCUT2D eigenvalue weighted by atomic mass is 10.1. The van der Waals surface area contributed by atoms with Gasteiger partial charge in [-0.3, -0.25) is 0 Å². The van der Waals surface area contributed by atoms with Crippen LogP contribution in [0, 0.1) is 0 Å². The summed E-state index contributed by atoms with van der Waals surface area (Å²) in [5.41, 5.74) is 3.69. The van der Waals surface area contributed by atoms with Crippen molar-refractivity contribution in [3.63, 3.8) is 0 Å². The van der Waals surface area contributed by atoms with Crippen LogP contribution < -0.4 is 0 Å². The van der Waals surface area contributed by atoms with Gasteiger partial charge in [-0.25, -0.2) is 0 Å². The number of nitrogens with zero attached hydrogens (tertiary/aromatic N) is 1. The second-order valence-electron chi connectivity index (χ2n) is 4.56. The Morgan fingerprint density at radius 3 is 2.42 bits per heavy atom. The molecule has 0 bridgehead atoms. The molecule has 3 aromatic rings. The second-order valence-corrected chi connectivity index (χ2v) is 5.68. The zero-order valence-electron chi connectivity index (χ0n) is 10.5. The van der Waals surface area contributed by atoms with Crippen molar-refractivity contribution in [1.29, 1.82) is 0 Å². The molecule has 0 spiro atoms. The molecule has 0 amide bonds. The van der Waals surface area contributed by atoms with Crippen molar-refractivity contribution in [2.75, 3.05) is 0 Å². The quantitative estimate of drug-likeness (QED) is 0.625. The minimum atomic E-state index is 0.776. The summed E-state index contributed by atoms with van der Waals surface area (Å²) in [6.45, 7) is 4.74. The van der Waals surface area contributed by atoms with Gasteiger partial charge < -0.3 is 4.57 Å². The third kappa shape index (κ3) is 2.36. The minimum absolute atomic E-state index is 0.776. The van der Waals surface area contributed by atoms with Crippen molar-refractivity contribution < 1.29 is 0 Å². The van der Waals surface area contributed by atoms with Gasteiger partial charge in [-0.1, -0.05) is 71.0 Å². The van der Waals surface area contributed by atoms with E-state index >= 15 is 0 Å². The number of fused-ring (bicyclic) bond motifs is 1. The summed E-state index contributed by atoms with van der Waals surface area (Å²) in [4.78, 5) is 0. The van der Waals surface area contributed by atoms with Crippen molar-refractivity contribution in [2.24, 2.45) is 0 Å². The number of aromatic nitrogens is 1. The maximum absolute atomic E-state index is 3.97. The molecule has 0 aliphatic carbocycles. The van der Waals surface area contributed by atoms with Crippen LogP contribution in [0.2, 0.25) is 0 Å². The summed E-state index contributed by atoms with van der Waals surface area (Å²) in [5, 5.41) is 1.26. The predicted octanol–water partition coefficient (Wildman–Crippen LogP) is 5.22. The molecule has 0 N–H and O–H groups in total. The van der Waals surface area contributed by atoms with Crippen LogP contribution in [-0.2, 0) is 6.54 Å². The first-order chi connectivity index (χ1) is 9.25. The smallest absolute Gasteiger partial charge is 0.0541 e. The topological polar surface area (TPSA) is 4.93 Å². The van der Waals surface area contributed by atoms with Crippen LogP contribution >= 0.6 is 15.9 Å². The largest absolute Gasteiger partial charge is 0.335 e. The summed E-state index contributed by atoms with van der Waals surface area (Å²) in [5.74, 6) is 0. The summed E-state index contributed by atoms with van der Waals surface area (Å²) in [7, 11) is 0. The minimum Gasteiger partial charge on any atom is -0.335 e. The van der Waals surface area contributed by atoms with E-state index in [1.54, 1.807) is 0 Å². The molecule has 0 radical (unpaired) electrons. The van der Waals surface area contributed by atoms with Gasteiger partial charge in [0.05, 0.1) is 6.54 Å². The van der Waals surface area contributed by atoms with E-state index in [-0.39, 0.29) is 0 Å². The molecule has 0 aliphatic rings. The van der Waals surface area contributed by atoms with Crippen LogP contribution in [-0.4, -0.2) is 4.57 Å². The molecule has 1 heterocycles. The van der Waals surface area contributed by atoms with E-state index in [4.69, 9.17) is 0 Å². The molecular weight excluding hydrogens is 298 g/mol. The molecule has 19 heavy (non-hydrogen) atoms. The fraction of sp³-hybridized carbons (Fsp3) is 0.0588. The van der Waals surface area contributed by atoms with Crippen LogP contribution in [0.4, 0.5) is 0 Å². The molecule has 0 aliphatic heterocycles. The average Bonchev–Trinajstić information content (AvgIpc) is 2.78. The van der Waals surface area contributed by atoms with Gasteiger partial charge in [0.15, 0.2) is 0 Å². The Bertz CT molecular complexity index is 725. The highest BCUT2D eigenvalue weighted by Crippen LogP contribution is 2.29. The zero-order valence-corrected chi connectivity index (χ0v) is 12.1. The van der Waals surface area contributed by atoms with Gasteiger partial charge in [0.25, 0.3) is 0 Å². The van der Waals surface area contributed by atoms with E-state index in [0.717, 1.165) is 11.0 Å². The molecule has 3 rings (SSSR count). The molecule has 0 unspecified atom stereocenters. The Labute approximate surface area is 121 Å². The lowest BCUT2D eigenvalue weighted by Gasteiger charge is -2.10. The zero-order chi connectivity index (χ0) is 13.2. The third-order valence-electron chi connectivity index (χ3n) is 3.21. The van der Waals surface area contributed by atoms with Gasteiger partial charge >= 0.3 is 0 Å². The van der Waals surface area contributed by atoms with Gasteiger partial charge in [-0.05, 0) is 17.7 Å². The number of hydrogen-bond acceptors (Lipinski definition) is 0. The van der Waals surface area contributed by atoms with Crippen molar-refractivity contribution in [2.45, 2.75) is 6.54 Å². The highest BCUT2D eigenvalue weighted by Gasteiger charge is 2.10. The Hall–Kier alpha value is -1.80. The summed E-state index contributed by atoms with van der Waals surface area (Å²) in [6, 6.07) is 21.1. The first kappa shape index (κ1) is 12.2. The number of benzene rings is 2. The summed E-state index contributed by atoms with van der Waals surface area (Å²) in [6.07, 6.45) is 0. The third-order valence-corrected chi connectivity index (χ3v) is 3.46. The highest BCUT2D eigenvalue weighted by atomic mass is 79.9. The van der Waals surface area contributed by atoms with Crippen molar-refractivity contribution >= 4 is 26.8 Å². The number of para-hydroxylation sites is 1. The van der Waals surface area contributed by atoms with Crippen LogP contribution in [0.3, 0.4) is 0 Å². The highest BCUT2D eigenvalue weighted by molar-refractivity contribution is 9.11. The van der Waals surface area contributed by atoms with E-state index in [2.05, 4.69) is 81.7 Å². The summed E-state index contributed by atoms with van der Waals surface area (Å²) >= 11 is 3.47. The standard InChI is InChI=1S/C17H14BrN/c1-13(18)12-19-16-10-6-5-9-15(16)11-17(19)14-7-3-2-4-8-14/h2-11H,1,12H2. The van der Waals surface area contributed by atoms with Gasteiger partial charge in [-0.2, -0.15) is 0 Å². The van der Waals surface area contributed by atoms with E-state index in [9.17, 15) is 0 Å². The average molecular weight is 312 g/mol. The summed E-state index contributed by atoms with van der Waals surface area (Å²) < 4.78 is 3.27. The van der Waals surface area contributed by atoms with Gasteiger partial charge in [-0.15, -0.1) is 0 Å². The van der Waals surface area contributed by atoms with E-state index in [1.165, 1.54) is 22.2 Å². The molecule has 1 aromatic heterocycles. The Morgan fingerprint density at radius 2 is 1.68 bits per heavy atom.